The highest BCUT2D eigenvalue weighted by molar-refractivity contribution is 6.35. The number of aryl methyl sites for hydroxylation is 1. The van der Waals surface area contributed by atoms with E-state index < -0.39 is 0 Å². The predicted molar refractivity (Wildman–Crippen MR) is 104 cm³/mol. The summed E-state index contributed by atoms with van der Waals surface area (Å²) < 4.78 is 0. The Morgan fingerprint density at radius 1 is 1.08 bits per heavy atom. The van der Waals surface area contributed by atoms with E-state index >= 15 is 0 Å². The van der Waals surface area contributed by atoms with Gasteiger partial charge in [0.2, 0.25) is 5.91 Å². The number of nitrogens with one attached hydrogen (secondary N) is 1. The van der Waals surface area contributed by atoms with Gasteiger partial charge in [0, 0.05) is 33.8 Å². The molecule has 1 N–H and O–H groups in total. The number of nitrogens with zero attached hydrogens (tertiary/aromatic N) is 1. The second-order valence-corrected chi connectivity index (χ2v) is 7.37. The summed E-state index contributed by atoms with van der Waals surface area (Å²) >= 11 is 12.5. The van der Waals surface area contributed by atoms with E-state index in [1.54, 1.807) is 0 Å². The van der Waals surface area contributed by atoms with E-state index in [0.29, 0.717) is 10.0 Å². The molecule has 0 radical (unpaired) electrons. The van der Waals surface area contributed by atoms with Crippen LogP contribution in [0.5, 0.6) is 0 Å². The largest absolute Gasteiger partial charge is 0.326 e. The Labute approximate surface area is 158 Å². The number of para-hydroxylation sites is 1. The summed E-state index contributed by atoms with van der Waals surface area (Å²) in [5, 5.41) is 4.46. The molecule has 5 heteroatoms. The predicted octanol–water partition coefficient (Wildman–Crippen LogP) is 5.15. The van der Waals surface area contributed by atoms with Gasteiger partial charge < -0.3 is 5.32 Å². The highest BCUT2D eigenvalue weighted by Crippen LogP contribution is 2.28. The quantitative estimate of drug-likeness (QED) is 0.799. The maximum atomic E-state index is 12.5. The number of halogens is 2. The summed E-state index contributed by atoms with van der Waals surface area (Å²) in [7, 11) is 0. The Hall–Kier alpha value is -1.55. The van der Waals surface area contributed by atoms with E-state index in [1.807, 2.05) is 49.4 Å². The molecule has 2 aromatic rings. The van der Waals surface area contributed by atoms with Crippen LogP contribution in [0.15, 0.2) is 42.5 Å². The van der Waals surface area contributed by atoms with Crippen molar-refractivity contribution >= 4 is 34.8 Å². The van der Waals surface area contributed by atoms with Crippen LogP contribution in [0.2, 0.25) is 10.0 Å². The van der Waals surface area contributed by atoms with Gasteiger partial charge in [-0.25, -0.2) is 0 Å². The number of hydrogen-bond donors (Lipinski definition) is 1. The highest BCUT2D eigenvalue weighted by Gasteiger charge is 2.26. The summed E-state index contributed by atoms with van der Waals surface area (Å²) in [6.45, 7) is 4.47. The average Bonchev–Trinajstić information content (AvgIpc) is 2.61. The number of rotatable bonds is 4. The van der Waals surface area contributed by atoms with Gasteiger partial charge in [-0.3, -0.25) is 9.69 Å². The molecule has 0 unspecified atom stereocenters. The van der Waals surface area contributed by atoms with Crippen LogP contribution in [0.4, 0.5) is 5.69 Å². The molecule has 25 heavy (non-hydrogen) atoms. The molecule has 0 aliphatic carbocycles. The minimum absolute atomic E-state index is 0.0533. The lowest BCUT2D eigenvalue weighted by molar-refractivity contribution is -0.121. The van der Waals surface area contributed by atoms with Crippen LogP contribution in [-0.4, -0.2) is 23.9 Å². The van der Waals surface area contributed by atoms with Gasteiger partial charge in [-0.2, -0.15) is 0 Å². The SMILES string of the molecule is Cc1ccccc1NC(=O)C1CCN(Cc2c(Cl)cccc2Cl)CC1. The normalized spacial score (nSPS) is 16.0. The molecule has 0 spiro atoms. The van der Waals surface area contributed by atoms with Crippen molar-refractivity contribution in [3.8, 4) is 0 Å². The standard InChI is InChI=1S/C20H22Cl2N2O/c1-14-5-2-3-8-19(14)23-20(25)15-9-11-24(12-10-15)13-16-17(21)6-4-7-18(16)22/h2-8,15H,9-13H2,1H3,(H,23,25). The molecule has 0 saturated carbocycles. The monoisotopic (exact) mass is 376 g/mol. The maximum Gasteiger partial charge on any atom is 0.227 e. The van der Waals surface area contributed by atoms with Crippen LogP contribution >= 0.6 is 23.2 Å². The van der Waals surface area contributed by atoms with Crippen molar-refractivity contribution in [2.45, 2.75) is 26.3 Å². The van der Waals surface area contributed by atoms with Crippen molar-refractivity contribution in [2.75, 3.05) is 18.4 Å². The first kappa shape index (κ1) is 18.2. The third-order valence-corrected chi connectivity index (χ3v) is 5.51. The number of carbonyl (C=O) groups excluding carboxylic acids is 1. The smallest absolute Gasteiger partial charge is 0.227 e. The van der Waals surface area contributed by atoms with Crippen molar-refractivity contribution in [1.29, 1.82) is 0 Å². The molecule has 132 valence electrons. The zero-order valence-electron chi connectivity index (χ0n) is 14.3. The van der Waals surface area contributed by atoms with Crippen LogP contribution < -0.4 is 5.32 Å². The lowest BCUT2D eigenvalue weighted by atomic mass is 9.95. The summed E-state index contributed by atoms with van der Waals surface area (Å²) in [6, 6.07) is 13.5. The van der Waals surface area contributed by atoms with E-state index in [9.17, 15) is 4.79 Å². The number of benzene rings is 2. The number of amides is 1. The molecule has 0 aromatic heterocycles. The van der Waals surface area contributed by atoms with Crippen molar-refractivity contribution in [2.24, 2.45) is 5.92 Å². The highest BCUT2D eigenvalue weighted by atomic mass is 35.5. The first-order valence-electron chi connectivity index (χ1n) is 8.56. The van der Waals surface area contributed by atoms with Crippen molar-refractivity contribution in [3.63, 3.8) is 0 Å². The summed E-state index contributed by atoms with van der Waals surface area (Å²) in [4.78, 5) is 14.8. The molecule has 1 amide bonds. The first-order chi connectivity index (χ1) is 12.0. The number of carbonyl (C=O) groups is 1. The summed E-state index contributed by atoms with van der Waals surface area (Å²) in [5.41, 5.74) is 2.95. The number of hydrogen-bond acceptors (Lipinski definition) is 2. The van der Waals surface area contributed by atoms with Gasteiger partial charge in [-0.05, 0) is 56.6 Å². The van der Waals surface area contributed by atoms with E-state index in [4.69, 9.17) is 23.2 Å². The Morgan fingerprint density at radius 3 is 2.36 bits per heavy atom. The molecule has 2 aromatic carbocycles. The molecule has 1 fully saturated rings. The van der Waals surface area contributed by atoms with Gasteiger partial charge in [-0.1, -0.05) is 47.5 Å². The number of piperidine rings is 1. The van der Waals surface area contributed by atoms with Gasteiger partial charge in [0.15, 0.2) is 0 Å². The fourth-order valence-corrected chi connectivity index (χ4v) is 3.73. The van der Waals surface area contributed by atoms with Crippen LogP contribution in [-0.2, 0) is 11.3 Å². The average molecular weight is 377 g/mol. The molecule has 1 heterocycles. The van der Waals surface area contributed by atoms with Crippen LogP contribution in [0.3, 0.4) is 0 Å². The Balaban J connectivity index is 1.55. The topological polar surface area (TPSA) is 32.3 Å². The van der Waals surface area contributed by atoms with Crippen molar-refractivity contribution < 1.29 is 4.79 Å². The fourth-order valence-electron chi connectivity index (χ4n) is 3.21. The summed E-state index contributed by atoms with van der Waals surface area (Å²) in [5.74, 6) is 0.169. The zero-order chi connectivity index (χ0) is 17.8. The van der Waals surface area contributed by atoms with Crippen LogP contribution in [0, 0.1) is 12.8 Å². The minimum atomic E-state index is 0.0533. The van der Waals surface area contributed by atoms with Crippen molar-refractivity contribution in [3.05, 3.63) is 63.6 Å². The Kier molecular flexibility index (Phi) is 6.00. The minimum Gasteiger partial charge on any atom is -0.326 e. The Bertz CT molecular complexity index is 735. The number of anilines is 1. The molecular formula is C20H22Cl2N2O. The van der Waals surface area contributed by atoms with Gasteiger partial charge in [0.25, 0.3) is 0 Å². The third kappa shape index (κ3) is 4.55. The fraction of sp³-hybridized carbons (Fsp3) is 0.350. The van der Waals surface area contributed by atoms with Crippen molar-refractivity contribution in [1.82, 2.24) is 4.90 Å². The Morgan fingerprint density at radius 2 is 1.72 bits per heavy atom. The third-order valence-electron chi connectivity index (χ3n) is 4.80. The second-order valence-electron chi connectivity index (χ2n) is 6.55. The molecule has 1 aliphatic rings. The number of likely N-dealkylation sites (tertiary alicyclic amines) is 1. The van der Waals surface area contributed by atoms with Gasteiger partial charge in [0.05, 0.1) is 0 Å². The summed E-state index contributed by atoms with van der Waals surface area (Å²) in [6.07, 6.45) is 1.69. The lowest BCUT2D eigenvalue weighted by Gasteiger charge is -2.31. The second kappa shape index (κ2) is 8.22. The molecule has 0 atom stereocenters. The molecular weight excluding hydrogens is 355 g/mol. The van der Waals surface area contributed by atoms with E-state index in [2.05, 4.69) is 10.2 Å². The van der Waals surface area contributed by atoms with Gasteiger partial charge >= 0.3 is 0 Å². The molecule has 1 saturated heterocycles. The maximum absolute atomic E-state index is 12.5. The van der Waals surface area contributed by atoms with Gasteiger partial charge in [0.1, 0.15) is 0 Å². The first-order valence-corrected chi connectivity index (χ1v) is 9.32. The molecule has 3 nitrogen and oxygen atoms in total. The van der Waals surface area contributed by atoms with E-state index in [-0.39, 0.29) is 11.8 Å². The molecule has 1 aliphatic heterocycles. The van der Waals surface area contributed by atoms with Crippen LogP contribution in [0.25, 0.3) is 0 Å². The van der Waals surface area contributed by atoms with E-state index in [0.717, 1.165) is 49.3 Å². The lowest BCUT2D eigenvalue weighted by Crippen LogP contribution is -2.37. The van der Waals surface area contributed by atoms with Gasteiger partial charge in [-0.15, -0.1) is 0 Å². The zero-order valence-corrected chi connectivity index (χ0v) is 15.8. The molecule has 3 rings (SSSR count). The molecule has 0 bridgehead atoms. The van der Waals surface area contributed by atoms with E-state index in [1.165, 1.54) is 0 Å². The van der Waals surface area contributed by atoms with Crippen LogP contribution in [0.1, 0.15) is 24.0 Å².